The highest BCUT2D eigenvalue weighted by Gasteiger charge is 2.18. The summed E-state index contributed by atoms with van der Waals surface area (Å²) in [5, 5.41) is 0. The van der Waals surface area contributed by atoms with E-state index in [1.165, 1.54) is 5.56 Å². The zero-order valence-corrected chi connectivity index (χ0v) is 17.7. The second-order valence-corrected chi connectivity index (χ2v) is 7.37. The first kappa shape index (κ1) is 21.0. The largest absolute Gasteiger partial charge is 0.493 e. The average molecular weight is 398 g/mol. The molecule has 5 heteroatoms. The number of ether oxygens (including phenoxy) is 3. The van der Waals surface area contributed by atoms with Crippen molar-refractivity contribution >= 4 is 5.91 Å². The van der Waals surface area contributed by atoms with Crippen molar-refractivity contribution < 1.29 is 19.0 Å². The SMILES string of the molecule is CCCOc1ccc(CN(CCC)C(=O)Cc2ccc3c(c2)CCO3)cc1OC. The van der Waals surface area contributed by atoms with Gasteiger partial charge in [-0.3, -0.25) is 4.79 Å². The van der Waals surface area contributed by atoms with Gasteiger partial charge >= 0.3 is 0 Å². The Labute approximate surface area is 173 Å². The van der Waals surface area contributed by atoms with E-state index in [0.717, 1.165) is 55.0 Å². The van der Waals surface area contributed by atoms with Gasteiger partial charge in [-0.1, -0.05) is 32.0 Å². The Hall–Kier alpha value is -2.69. The molecule has 0 N–H and O–H groups in total. The third kappa shape index (κ3) is 5.43. The smallest absolute Gasteiger partial charge is 0.227 e. The molecule has 5 nitrogen and oxygen atoms in total. The lowest BCUT2D eigenvalue weighted by Crippen LogP contribution is -2.32. The molecule has 2 aromatic rings. The van der Waals surface area contributed by atoms with Crippen LogP contribution in [-0.4, -0.2) is 37.7 Å². The predicted octanol–water partition coefficient (Wildman–Crippen LogP) is 4.40. The molecule has 0 spiro atoms. The highest BCUT2D eigenvalue weighted by atomic mass is 16.5. The van der Waals surface area contributed by atoms with Crippen LogP contribution in [0.3, 0.4) is 0 Å². The van der Waals surface area contributed by atoms with Crippen LogP contribution in [-0.2, 0) is 24.2 Å². The fourth-order valence-corrected chi connectivity index (χ4v) is 3.56. The lowest BCUT2D eigenvalue weighted by Gasteiger charge is -2.23. The summed E-state index contributed by atoms with van der Waals surface area (Å²) in [6.45, 7) is 6.84. The molecule has 1 aliphatic rings. The number of carbonyl (C=O) groups is 1. The van der Waals surface area contributed by atoms with Gasteiger partial charge in [-0.25, -0.2) is 0 Å². The maximum Gasteiger partial charge on any atom is 0.227 e. The van der Waals surface area contributed by atoms with Crippen molar-refractivity contribution in [2.75, 3.05) is 26.9 Å². The van der Waals surface area contributed by atoms with Gasteiger partial charge in [0.25, 0.3) is 0 Å². The molecule has 0 radical (unpaired) electrons. The number of hydrogen-bond donors (Lipinski definition) is 0. The minimum absolute atomic E-state index is 0.135. The van der Waals surface area contributed by atoms with Crippen LogP contribution >= 0.6 is 0 Å². The summed E-state index contributed by atoms with van der Waals surface area (Å²) in [7, 11) is 1.64. The van der Waals surface area contributed by atoms with Crippen LogP contribution in [0.4, 0.5) is 0 Å². The lowest BCUT2D eigenvalue weighted by molar-refractivity contribution is -0.131. The van der Waals surface area contributed by atoms with Gasteiger partial charge in [-0.05, 0) is 47.7 Å². The first-order valence-corrected chi connectivity index (χ1v) is 10.5. The van der Waals surface area contributed by atoms with Gasteiger partial charge < -0.3 is 19.1 Å². The number of hydrogen-bond acceptors (Lipinski definition) is 4. The molecule has 3 rings (SSSR count). The van der Waals surface area contributed by atoms with Crippen molar-refractivity contribution in [1.82, 2.24) is 4.90 Å². The average Bonchev–Trinajstić information content (AvgIpc) is 3.20. The number of amides is 1. The highest BCUT2D eigenvalue weighted by molar-refractivity contribution is 5.79. The number of benzene rings is 2. The summed E-state index contributed by atoms with van der Waals surface area (Å²) in [5.74, 6) is 2.53. The van der Waals surface area contributed by atoms with Gasteiger partial charge in [0.05, 0.1) is 26.7 Å². The van der Waals surface area contributed by atoms with Crippen molar-refractivity contribution in [3.8, 4) is 17.2 Å². The van der Waals surface area contributed by atoms with Crippen LogP contribution in [0.5, 0.6) is 17.2 Å². The third-order valence-corrected chi connectivity index (χ3v) is 5.02. The molecule has 1 heterocycles. The zero-order chi connectivity index (χ0) is 20.6. The maximum absolute atomic E-state index is 13.0. The molecule has 1 amide bonds. The van der Waals surface area contributed by atoms with Gasteiger partial charge in [-0.2, -0.15) is 0 Å². The Bertz CT molecular complexity index is 834. The Morgan fingerprint density at radius 2 is 1.90 bits per heavy atom. The second kappa shape index (κ2) is 10.2. The molecule has 0 saturated heterocycles. The molecule has 1 aliphatic heterocycles. The normalized spacial score (nSPS) is 12.2. The summed E-state index contributed by atoms with van der Waals surface area (Å²) in [6.07, 6.45) is 3.18. The van der Waals surface area contributed by atoms with Crippen LogP contribution < -0.4 is 14.2 Å². The van der Waals surface area contributed by atoms with E-state index < -0.39 is 0 Å². The highest BCUT2D eigenvalue weighted by Crippen LogP contribution is 2.29. The van der Waals surface area contributed by atoms with Gasteiger partial charge in [0, 0.05) is 19.5 Å². The minimum Gasteiger partial charge on any atom is -0.493 e. The Morgan fingerprint density at radius 1 is 1.07 bits per heavy atom. The van der Waals surface area contributed by atoms with Crippen LogP contribution in [0.1, 0.15) is 43.4 Å². The number of nitrogens with zero attached hydrogens (tertiary/aromatic N) is 1. The molecule has 2 aromatic carbocycles. The third-order valence-electron chi connectivity index (χ3n) is 5.02. The van der Waals surface area contributed by atoms with E-state index in [2.05, 4.69) is 19.9 Å². The van der Waals surface area contributed by atoms with Crippen LogP contribution in [0, 0.1) is 0 Å². The summed E-state index contributed by atoms with van der Waals surface area (Å²) >= 11 is 0. The first-order chi connectivity index (χ1) is 14.1. The molecule has 0 aromatic heterocycles. The number of fused-ring (bicyclic) bond motifs is 1. The zero-order valence-electron chi connectivity index (χ0n) is 17.7. The van der Waals surface area contributed by atoms with Crippen LogP contribution in [0.2, 0.25) is 0 Å². The Balaban J connectivity index is 1.69. The van der Waals surface area contributed by atoms with E-state index in [9.17, 15) is 4.79 Å². The fraction of sp³-hybridized carbons (Fsp3) is 0.458. The minimum atomic E-state index is 0.135. The Kier molecular flexibility index (Phi) is 7.39. The van der Waals surface area contributed by atoms with E-state index in [1.807, 2.05) is 35.2 Å². The number of rotatable bonds is 10. The predicted molar refractivity (Wildman–Crippen MR) is 114 cm³/mol. The molecule has 0 fully saturated rings. The van der Waals surface area contributed by atoms with E-state index in [1.54, 1.807) is 7.11 Å². The number of methoxy groups -OCH3 is 1. The first-order valence-electron chi connectivity index (χ1n) is 10.5. The van der Waals surface area contributed by atoms with Gasteiger partial charge in [0.15, 0.2) is 11.5 Å². The molecular weight excluding hydrogens is 366 g/mol. The molecule has 0 unspecified atom stereocenters. The number of carbonyl (C=O) groups excluding carboxylic acids is 1. The molecular formula is C24H31NO4. The van der Waals surface area contributed by atoms with E-state index >= 15 is 0 Å². The topological polar surface area (TPSA) is 48.0 Å². The van der Waals surface area contributed by atoms with E-state index in [4.69, 9.17) is 14.2 Å². The lowest BCUT2D eigenvalue weighted by atomic mass is 10.1. The van der Waals surface area contributed by atoms with Crippen molar-refractivity contribution in [3.63, 3.8) is 0 Å². The van der Waals surface area contributed by atoms with Crippen molar-refractivity contribution in [1.29, 1.82) is 0 Å². The van der Waals surface area contributed by atoms with E-state index in [-0.39, 0.29) is 5.91 Å². The van der Waals surface area contributed by atoms with Crippen molar-refractivity contribution in [2.24, 2.45) is 0 Å². The standard InChI is InChI=1S/C24H31NO4/c1-4-11-25(17-19-7-9-22(28-12-5-2)23(15-19)27-3)24(26)16-18-6-8-21-20(14-18)10-13-29-21/h6-9,14-15H,4-5,10-13,16-17H2,1-3H3. The molecule has 0 atom stereocenters. The van der Waals surface area contributed by atoms with Crippen molar-refractivity contribution in [3.05, 3.63) is 53.1 Å². The van der Waals surface area contributed by atoms with Gasteiger partial charge in [0.1, 0.15) is 5.75 Å². The summed E-state index contributed by atoms with van der Waals surface area (Å²) < 4.78 is 16.8. The molecule has 156 valence electrons. The molecule has 0 saturated carbocycles. The quantitative estimate of drug-likeness (QED) is 0.596. The van der Waals surface area contributed by atoms with Crippen molar-refractivity contribution in [2.45, 2.75) is 46.1 Å². The summed E-state index contributed by atoms with van der Waals surface area (Å²) in [5.41, 5.74) is 3.28. The maximum atomic E-state index is 13.0. The van der Waals surface area contributed by atoms with Gasteiger partial charge in [0.2, 0.25) is 5.91 Å². The molecule has 0 bridgehead atoms. The summed E-state index contributed by atoms with van der Waals surface area (Å²) in [6, 6.07) is 12.0. The van der Waals surface area contributed by atoms with Gasteiger partial charge in [-0.15, -0.1) is 0 Å². The monoisotopic (exact) mass is 397 g/mol. The van der Waals surface area contributed by atoms with Crippen LogP contribution in [0.15, 0.2) is 36.4 Å². The fourth-order valence-electron chi connectivity index (χ4n) is 3.56. The Morgan fingerprint density at radius 3 is 2.66 bits per heavy atom. The van der Waals surface area contributed by atoms with E-state index in [0.29, 0.717) is 25.3 Å². The second-order valence-electron chi connectivity index (χ2n) is 7.37. The summed E-state index contributed by atoms with van der Waals surface area (Å²) in [4.78, 5) is 14.9. The molecule has 29 heavy (non-hydrogen) atoms. The molecule has 0 aliphatic carbocycles. The van der Waals surface area contributed by atoms with Crippen LogP contribution in [0.25, 0.3) is 0 Å².